The third kappa shape index (κ3) is 1.87. The van der Waals surface area contributed by atoms with Crippen LogP contribution in [0.25, 0.3) is 0 Å². The van der Waals surface area contributed by atoms with Crippen molar-refractivity contribution in [2.24, 2.45) is 17.3 Å². The number of Topliss-reactive ketones (excluding diaryl/α,β-unsaturated/α-hetero) is 1. The van der Waals surface area contributed by atoms with Gasteiger partial charge in [-0.05, 0) is 55.6 Å². The minimum Gasteiger partial charge on any atom is -0.392 e. The van der Waals surface area contributed by atoms with E-state index in [0.717, 1.165) is 24.0 Å². The van der Waals surface area contributed by atoms with Crippen molar-refractivity contribution in [3.8, 4) is 0 Å². The number of carbonyl (C=O) groups is 1. The smallest absolute Gasteiger partial charge is 0.165 e. The van der Waals surface area contributed by atoms with E-state index in [1.807, 2.05) is 6.92 Å². The lowest BCUT2D eigenvalue weighted by atomic mass is 9.54. The zero-order valence-corrected chi connectivity index (χ0v) is 11.3. The second kappa shape index (κ2) is 4.56. The van der Waals surface area contributed by atoms with Gasteiger partial charge in [0, 0.05) is 5.41 Å². The van der Waals surface area contributed by atoms with Crippen LogP contribution in [0.1, 0.15) is 52.9 Å². The van der Waals surface area contributed by atoms with Crippen molar-refractivity contribution < 1.29 is 9.90 Å². The van der Waals surface area contributed by atoms with Gasteiger partial charge in [-0.15, -0.1) is 0 Å². The molecule has 2 fully saturated rings. The number of hydrogen-bond donors (Lipinski definition) is 1. The van der Waals surface area contributed by atoms with Gasteiger partial charge in [-0.3, -0.25) is 4.79 Å². The van der Waals surface area contributed by atoms with Crippen LogP contribution in [0.2, 0.25) is 0 Å². The van der Waals surface area contributed by atoms with Crippen LogP contribution in [0.15, 0.2) is 11.1 Å². The number of carbonyl (C=O) groups excluding carboxylic acids is 1. The fraction of sp³-hybridized carbons (Fsp3) is 0.800. The molecule has 17 heavy (non-hydrogen) atoms. The van der Waals surface area contributed by atoms with E-state index in [-0.39, 0.29) is 12.0 Å². The summed E-state index contributed by atoms with van der Waals surface area (Å²) in [4.78, 5) is 12.7. The van der Waals surface area contributed by atoms with Gasteiger partial charge < -0.3 is 5.11 Å². The zero-order valence-electron chi connectivity index (χ0n) is 11.3. The Morgan fingerprint density at radius 1 is 1.41 bits per heavy atom. The van der Waals surface area contributed by atoms with Crippen LogP contribution in [0, 0.1) is 17.3 Å². The summed E-state index contributed by atoms with van der Waals surface area (Å²) in [6, 6.07) is 0. The van der Waals surface area contributed by atoms with E-state index < -0.39 is 0 Å². The fourth-order valence-corrected chi connectivity index (χ4v) is 3.79. The molecule has 0 aromatic carbocycles. The molecule has 0 aromatic heterocycles. The van der Waals surface area contributed by atoms with Gasteiger partial charge in [0.25, 0.3) is 0 Å². The van der Waals surface area contributed by atoms with Gasteiger partial charge in [0.2, 0.25) is 0 Å². The largest absolute Gasteiger partial charge is 0.392 e. The summed E-state index contributed by atoms with van der Waals surface area (Å²) >= 11 is 0. The molecule has 0 aliphatic heterocycles. The minimum absolute atomic E-state index is 0.0240. The highest BCUT2D eigenvalue weighted by Gasteiger charge is 2.50. The van der Waals surface area contributed by atoms with Gasteiger partial charge in [0.15, 0.2) is 5.78 Å². The molecule has 0 saturated heterocycles. The number of aliphatic hydroxyl groups excluding tert-OH is 1. The Morgan fingerprint density at radius 3 is 2.76 bits per heavy atom. The lowest BCUT2D eigenvalue weighted by Gasteiger charge is -2.48. The zero-order chi connectivity index (χ0) is 12.6. The SMILES string of the molecule is C/C(CO)=C1/CC[C@H]2CCC[C@H](C)[C@@]2(C)C1=O. The normalized spacial score (nSPS) is 41.1. The first-order chi connectivity index (χ1) is 8.01. The summed E-state index contributed by atoms with van der Waals surface area (Å²) in [6.07, 6.45) is 5.65. The van der Waals surface area contributed by atoms with Crippen molar-refractivity contribution in [2.45, 2.75) is 52.9 Å². The van der Waals surface area contributed by atoms with E-state index in [4.69, 9.17) is 0 Å². The summed E-state index contributed by atoms with van der Waals surface area (Å²) < 4.78 is 0. The number of allylic oxidation sites excluding steroid dienone is 1. The van der Waals surface area contributed by atoms with Gasteiger partial charge in [-0.2, -0.15) is 0 Å². The standard InChI is InChI=1S/C15H24O2/c1-10(9-16)13-8-7-12-6-4-5-11(2)15(12,3)14(13)17/h11-12,16H,4-9H2,1-3H3/b13-10+/t11-,12+,15+/m0/s1. The summed E-state index contributed by atoms with van der Waals surface area (Å²) in [5.41, 5.74) is 1.63. The Kier molecular flexibility index (Phi) is 3.44. The number of fused-ring (bicyclic) bond motifs is 1. The molecule has 0 unspecified atom stereocenters. The molecule has 1 N–H and O–H groups in total. The second-order valence-corrected chi connectivity index (χ2v) is 6.10. The van der Waals surface area contributed by atoms with Gasteiger partial charge in [-0.25, -0.2) is 0 Å². The Balaban J connectivity index is 2.37. The Morgan fingerprint density at radius 2 is 2.12 bits per heavy atom. The van der Waals surface area contributed by atoms with Crippen molar-refractivity contribution in [3.05, 3.63) is 11.1 Å². The average Bonchev–Trinajstić information content (AvgIpc) is 2.32. The summed E-state index contributed by atoms with van der Waals surface area (Å²) in [5.74, 6) is 1.37. The third-order valence-electron chi connectivity index (χ3n) is 5.32. The quantitative estimate of drug-likeness (QED) is 0.710. The Hall–Kier alpha value is -0.630. The maximum Gasteiger partial charge on any atom is 0.165 e. The lowest BCUT2D eigenvalue weighted by molar-refractivity contribution is -0.135. The van der Waals surface area contributed by atoms with E-state index in [2.05, 4.69) is 13.8 Å². The number of ketones is 1. The lowest BCUT2D eigenvalue weighted by Crippen LogP contribution is -2.48. The second-order valence-electron chi connectivity index (χ2n) is 6.10. The predicted molar refractivity (Wildman–Crippen MR) is 68.6 cm³/mol. The molecule has 2 heteroatoms. The highest BCUT2D eigenvalue weighted by molar-refractivity contribution is 6.01. The maximum absolute atomic E-state index is 12.7. The van der Waals surface area contributed by atoms with Crippen molar-refractivity contribution in [1.29, 1.82) is 0 Å². The summed E-state index contributed by atoms with van der Waals surface area (Å²) in [5, 5.41) is 9.24. The van der Waals surface area contributed by atoms with Gasteiger partial charge in [0.1, 0.15) is 0 Å². The average molecular weight is 236 g/mol. The van der Waals surface area contributed by atoms with Crippen molar-refractivity contribution >= 4 is 5.78 Å². The van der Waals surface area contributed by atoms with Gasteiger partial charge in [-0.1, -0.05) is 20.3 Å². The molecule has 0 radical (unpaired) electrons. The number of hydrogen-bond acceptors (Lipinski definition) is 2. The van der Waals surface area contributed by atoms with Gasteiger partial charge >= 0.3 is 0 Å². The van der Waals surface area contributed by atoms with Crippen LogP contribution in [0.3, 0.4) is 0 Å². The molecule has 96 valence electrons. The molecule has 3 atom stereocenters. The Labute approximate surface area is 104 Å². The monoisotopic (exact) mass is 236 g/mol. The first-order valence-electron chi connectivity index (χ1n) is 6.86. The fourth-order valence-electron chi connectivity index (χ4n) is 3.79. The molecule has 2 aliphatic rings. The predicted octanol–water partition coefficient (Wildman–Crippen LogP) is 3.10. The minimum atomic E-state index is -0.164. The summed E-state index contributed by atoms with van der Waals surface area (Å²) in [7, 11) is 0. The molecule has 2 rings (SSSR count). The molecule has 2 nitrogen and oxygen atoms in total. The summed E-state index contributed by atoms with van der Waals surface area (Å²) in [6.45, 7) is 6.30. The van der Waals surface area contributed by atoms with E-state index in [1.54, 1.807) is 0 Å². The molecule has 0 heterocycles. The van der Waals surface area contributed by atoms with Crippen LogP contribution >= 0.6 is 0 Å². The maximum atomic E-state index is 12.7. The Bertz CT molecular complexity index is 356. The molecular weight excluding hydrogens is 212 g/mol. The first kappa shape index (κ1) is 12.8. The number of rotatable bonds is 1. The molecule has 2 aliphatic carbocycles. The third-order valence-corrected chi connectivity index (χ3v) is 5.32. The molecule has 0 spiro atoms. The number of aliphatic hydroxyl groups is 1. The van der Waals surface area contributed by atoms with E-state index in [1.165, 1.54) is 19.3 Å². The van der Waals surface area contributed by atoms with Crippen molar-refractivity contribution in [2.75, 3.05) is 6.61 Å². The molecular formula is C15H24O2. The topological polar surface area (TPSA) is 37.3 Å². The van der Waals surface area contributed by atoms with Crippen LogP contribution in [-0.2, 0) is 4.79 Å². The highest BCUT2D eigenvalue weighted by Crippen LogP contribution is 2.52. The van der Waals surface area contributed by atoms with Gasteiger partial charge in [0.05, 0.1) is 6.61 Å². The first-order valence-corrected chi connectivity index (χ1v) is 6.86. The van der Waals surface area contributed by atoms with Crippen LogP contribution in [0.4, 0.5) is 0 Å². The van der Waals surface area contributed by atoms with Crippen LogP contribution in [-0.4, -0.2) is 17.5 Å². The van der Waals surface area contributed by atoms with Crippen LogP contribution in [0.5, 0.6) is 0 Å². The molecule has 0 aromatic rings. The van der Waals surface area contributed by atoms with Crippen molar-refractivity contribution in [1.82, 2.24) is 0 Å². The van der Waals surface area contributed by atoms with Crippen LogP contribution < -0.4 is 0 Å². The molecule has 0 bridgehead atoms. The molecule has 2 saturated carbocycles. The highest BCUT2D eigenvalue weighted by atomic mass is 16.3. The van der Waals surface area contributed by atoms with Crippen molar-refractivity contribution in [3.63, 3.8) is 0 Å². The van der Waals surface area contributed by atoms with E-state index in [0.29, 0.717) is 17.6 Å². The van der Waals surface area contributed by atoms with E-state index in [9.17, 15) is 9.90 Å². The molecule has 0 amide bonds. The van der Waals surface area contributed by atoms with E-state index >= 15 is 0 Å².